The number of furan rings is 2. The van der Waals surface area contributed by atoms with E-state index in [0.717, 1.165) is 44.2 Å². The van der Waals surface area contributed by atoms with Crippen molar-refractivity contribution in [3.8, 4) is 22.5 Å². The Hall–Kier alpha value is -5.86. The SMILES string of the molecule is c1ccc2c(c1)cc(-c1c3ccccc3c(-c3cc4ccc5oc6ccccc6c5c4o3)c3ccccc13)c1ccccc12. The highest BCUT2D eigenvalue weighted by molar-refractivity contribution is 6.26. The molecule has 2 heteroatoms. The molecule has 0 unspecified atom stereocenters. The second kappa shape index (κ2) is 8.82. The quantitative estimate of drug-likeness (QED) is 0.155. The second-order valence-corrected chi connectivity index (χ2v) is 11.6. The van der Waals surface area contributed by atoms with Crippen LogP contribution in [0.1, 0.15) is 0 Å². The van der Waals surface area contributed by atoms with E-state index in [4.69, 9.17) is 8.83 Å². The van der Waals surface area contributed by atoms with Crippen LogP contribution in [0.25, 0.3) is 98.4 Å². The molecule has 204 valence electrons. The minimum Gasteiger partial charge on any atom is -0.456 e. The number of hydrogen-bond donors (Lipinski definition) is 0. The molecule has 2 aromatic heterocycles. The molecule has 2 nitrogen and oxygen atoms in total. The molecule has 10 rings (SSSR count). The molecule has 0 saturated heterocycles. The van der Waals surface area contributed by atoms with E-state index >= 15 is 0 Å². The number of hydrogen-bond acceptors (Lipinski definition) is 2. The lowest BCUT2D eigenvalue weighted by Crippen LogP contribution is -1.91. The summed E-state index contributed by atoms with van der Waals surface area (Å²) in [5.74, 6) is 0.861. The smallest absolute Gasteiger partial charge is 0.146 e. The molecule has 0 saturated carbocycles. The summed E-state index contributed by atoms with van der Waals surface area (Å²) in [5, 5.41) is 13.0. The molecule has 0 spiro atoms. The summed E-state index contributed by atoms with van der Waals surface area (Å²) < 4.78 is 13.0. The third-order valence-corrected chi connectivity index (χ3v) is 9.24. The van der Waals surface area contributed by atoms with Crippen molar-refractivity contribution in [3.05, 3.63) is 146 Å². The van der Waals surface area contributed by atoms with Crippen LogP contribution in [0, 0.1) is 0 Å². The minimum absolute atomic E-state index is 0.841. The van der Waals surface area contributed by atoms with Crippen molar-refractivity contribution in [1.29, 1.82) is 0 Å². The van der Waals surface area contributed by atoms with Crippen LogP contribution in [0.5, 0.6) is 0 Å². The van der Waals surface area contributed by atoms with E-state index in [1.54, 1.807) is 0 Å². The maximum atomic E-state index is 6.86. The van der Waals surface area contributed by atoms with E-state index in [0.29, 0.717) is 0 Å². The molecule has 0 amide bonds. The van der Waals surface area contributed by atoms with Gasteiger partial charge in [0.1, 0.15) is 22.5 Å². The van der Waals surface area contributed by atoms with Crippen molar-refractivity contribution in [2.24, 2.45) is 0 Å². The van der Waals surface area contributed by atoms with Gasteiger partial charge in [-0.2, -0.15) is 0 Å². The highest BCUT2D eigenvalue weighted by atomic mass is 16.3. The first-order valence-corrected chi connectivity index (χ1v) is 15.0. The first-order chi connectivity index (χ1) is 21.8. The van der Waals surface area contributed by atoms with Gasteiger partial charge in [-0.25, -0.2) is 0 Å². The molecule has 44 heavy (non-hydrogen) atoms. The van der Waals surface area contributed by atoms with Gasteiger partial charge in [-0.3, -0.25) is 0 Å². The molecule has 0 aliphatic heterocycles. The molecule has 0 aliphatic carbocycles. The van der Waals surface area contributed by atoms with Gasteiger partial charge in [-0.15, -0.1) is 0 Å². The Kier molecular flexibility index (Phi) is 4.75. The summed E-state index contributed by atoms with van der Waals surface area (Å²) in [4.78, 5) is 0. The van der Waals surface area contributed by atoms with Gasteiger partial charge in [0.2, 0.25) is 0 Å². The zero-order chi connectivity index (χ0) is 28.8. The molecule has 0 fully saturated rings. The Balaban J connectivity index is 1.34. The van der Waals surface area contributed by atoms with Gasteiger partial charge in [-0.1, -0.05) is 115 Å². The van der Waals surface area contributed by atoms with E-state index in [-0.39, 0.29) is 0 Å². The lowest BCUT2D eigenvalue weighted by molar-refractivity contribution is 0.635. The van der Waals surface area contributed by atoms with Crippen LogP contribution < -0.4 is 0 Å². The third-order valence-electron chi connectivity index (χ3n) is 9.24. The lowest BCUT2D eigenvalue weighted by Gasteiger charge is -2.18. The van der Waals surface area contributed by atoms with Crippen LogP contribution in [0.3, 0.4) is 0 Å². The maximum Gasteiger partial charge on any atom is 0.146 e. The molecule has 8 aromatic carbocycles. The molecule has 0 radical (unpaired) electrons. The predicted octanol–water partition coefficient (Wildman–Crippen LogP) is 12.3. The predicted molar refractivity (Wildman–Crippen MR) is 184 cm³/mol. The average molecular weight is 561 g/mol. The Labute approximate surface area is 252 Å². The van der Waals surface area contributed by atoms with Gasteiger partial charge in [0.05, 0.1) is 5.39 Å². The Morgan fingerprint density at radius 3 is 1.64 bits per heavy atom. The number of rotatable bonds is 2. The van der Waals surface area contributed by atoms with Gasteiger partial charge in [0.15, 0.2) is 0 Å². The first-order valence-electron chi connectivity index (χ1n) is 15.0. The molecule has 0 N–H and O–H groups in total. The molecule has 10 aromatic rings. The minimum atomic E-state index is 0.841. The van der Waals surface area contributed by atoms with Gasteiger partial charge >= 0.3 is 0 Å². The van der Waals surface area contributed by atoms with Crippen LogP contribution in [0.4, 0.5) is 0 Å². The fourth-order valence-corrected chi connectivity index (χ4v) is 7.37. The van der Waals surface area contributed by atoms with Crippen molar-refractivity contribution < 1.29 is 8.83 Å². The molecule has 2 heterocycles. The van der Waals surface area contributed by atoms with Gasteiger partial charge in [-0.05, 0) is 84.5 Å². The summed E-state index contributed by atoms with van der Waals surface area (Å²) in [6, 6.07) is 51.9. The molecule has 0 aliphatic rings. The number of para-hydroxylation sites is 1. The standard InChI is InChI=1S/C42H24O2/c1-2-12-27-25(11-1)23-35(29-14-4-3-13-28(27)29)39-30-15-5-7-17-32(30)40(33-18-8-6-16-31(33)39)38-24-26-21-22-37-41(42(26)44-38)34-19-9-10-20-36(34)43-37/h1-24H. The highest BCUT2D eigenvalue weighted by Crippen LogP contribution is 2.48. The zero-order valence-electron chi connectivity index (χ0n) is 23.7. The molecule has 0 bridgehead atoms. The van der Waals surface area contributed by atoms with E-state index in [9.17, 15) is 0 Å². The van der Waals surface area contributed by atoms with Crippen LogP contribution in [-0.2, 0) is 0 Å². The Bertz CT molecular complexity index is 2720. The van der Waals surface area contributed by atoms with Crippen LogP contribution in [0.2, 0.25) is 0 Å². The maximum absolute atomic E-state index is 6.86. The summed E-state index contributed by atoms with van der Waals surface area (Å²) >= 11 is 0. The number of fused-ring (bicyclic) bond motifs is 10. The van der Waals surface area contributed by atoms with E-state index in [1.165, 1.54) is 54.2 Å². The summed E-state index contributed by atoms with van der Waals surface area (Å²) in [6.45, 7) is 0. The van der Waals surface area contributed by atoms with Crippen molar-refractivity contribution in [1.82, 2.24) is 0 Å². The fourth-order valence-electron chi connectivity index (χ4n) is 7.37. The van der Waals surface area contributed by atoms with E-state index < -0.39 is 0 Å². The Morgan fingerprint density at radius 1 is 0.341 bits per heavy atom. The van der Waals surface area contributed by atoms with E-state index in [1.807, 2.05) is 12.1 Å². The first kappa shape index (κ1) is 23.7. The topological polar surface area (TPSA) is 26.3 Å². The summed E-state index contributed by atoms with van der Waals surface area (Å²) in [5.41, 5.74) is 6.18. The monoisotopic (exact) mass is 560 g/mol. The largest absolute Gasteiger partial charge is 0.456 e. The van der Waals surface area contributed by atoms with Crippen LogP contribution in [-0.4, -0.2) is 0 Å². The van der Waals surface area contributed by atoms with E-state index in [2.05, 4.69) is 133 Å². The number of benzene rings is 8. The fraction of sp³-hybridized carbons (Fsp3) is 0. The third kappa shape index (κ3) is 3.20. The summed E-state index contributed by atoms with van der Waals surface area (Å²) in [7, 11) is 0. The van der Waals surface area contributed by atoms with Gasteiger partial charge in [0, 0.05) is 16.3 Å². The molecular formula is C42H24O2. The van der Waals surface area contributed by atoms with Crippen molar-refractivity contribution in [3.63, 3.8) is 0 Å². The second-order valence-electron chi connectivity index (χ2n) is 11.6. The summed E-state index contributed by atoms with van der Waals surface area (Å²) in [6.07, 6.45) is 0. The van der Waals surface area contributed by atoms with Gasteiger partial charge < -0.3 is 8.83 Å². The molecular weight excluding hydrogens is 536 g/mol. The normalized spacial score (nSPS) is 12.1. The highest BCUT2D eigenvalue weighted by Gasteiger charge is 2.22. The van der Waals surface area contributed by atoms with Crippen molar-refractivity contribution >= 4 is 76.0 Å². The van der Waals surface area contributed by atoms with Gasteiger partial charge in [0.25, 0.3) is 0 Å². The zero-order valence-corrected chi connectivity index (χ0v) is 23.7. The van der Waals surface area contributed by atoms with Crippen LogP contribution >= 0.6 is 0 Å². The lowest BCUT2D eigenvalue weighted by atomic mass is 9.85. The van der Waals surface area contributed by atoms with Crippen LogP contribution in [0.15, 0.2) is 154 Å². The molecule has 0 atom stereocenters. The van der Waals surface area contributed by atoms with Crippen molar-refractivity contribution in [2.75, 3.05) is 0 Å². The Morgan fingerprint density at radius 2 is 0.909 bits per heavy atom. The van der Waals surface area contributed by atoms with Crippen molar-refractivity contribution in [2.45, 2.75) is 0 Å². The average Bonchev–Trinajstić information content (AvgIpc) is 3.68.